The van der Waals surface area contributed by atoms with Crippen molar-refractivity contribution in [3.05, 3.63) is 104 Å². The first-order valence-corrected chi connectivity index (χ1v) is 12.2. The molecule has 0 amide bonds. The molecule has 1 saturated heterocycles. The molecule has 166 valence electrons. The van der Waals surface area contributed by atoms with E-state index in [4.69, 9.17) is 39.8 Å². The molecule has 2 unspecified atom stereocenters. The fourth-order valence-electron chi connectivity index (χ4n) is 4.02. The van der Waals surface area contributed by atoms with Crippen molar-refractivity contribution in [2.24, 2.45) is 0 Å². The van der Waals surface area contributed by atoms with Gasteiger partial charge in [0.2, 0.25) is 0 Å². The number of hydrogen-bond donors (Lipinski definition) is 1. The predicted octanol–water partition coefficient (Wildman–Crippen LogP) is 7.90. The molecule has 2 aromatic carbocycles. The van der Waals surface area contributed by atoms with Crippen LogP contribution in [0.3, 0.4) is 0 Å². The molecule has 0 spiro atoms. The summed E-state index contributed by atoms with van der Waals surface area (Å²) in [4.78, 5) is 6.68. The van der Waals surface area contributed by atoms with E-state index in [0.29, 0.717) is 20.9 Å². The predicted molar refractivity (Wildman–Crippen MR) is 141 cm³/mol. The van der Waals surface area contributed by atoms with Crippen molar-refractivity contribution in [1.29, 1.82) is 0 Å². The summed E-state index contributed by atoms with van der Waals surface area (Å²) in [5, 5.41) is 5.05. The molecule has 5 rings (SSSR count). The number of aryl methyl sites for hydroxylation is 1. The van der Waals surface area contributed by atoms with E-state index in [1.54, 1.807) is 18.3 Å². The zero-order valence-electron chi connectivity index (χ0n) is 17.4. The van der Waals surface area contributed by atoms with Crippen LogP contribution in [-0.4, -0.2) is 10.1 Å². The minimum absolute atomic E-state index is 0.185. The minimum Gasteiger partial charge on any atom is -0.459 e. The molecule has 2 aromatic heterocycles. The van der Waals surface area contributed by atoms with Crippen molar-refractivity contribution in [1.82, 2.24) is 10.3 Å². The number of thiocarbonyl (C=S) groups is 1. The molecule has 1 aliphatic heterocycles. The van der Waals surface area contributed by atoms with E-state index in [2.05, 4.69) is 44.1 Å². The van der Waals surface area contributed by atoms with Crippen molar-refractivity contribution in [2.45, 2.75) is 19.0 Å². The first-order valence-electron chi connectivity index (χ1n) is 10.2. The van der Waals surface area contributed by atoms with E-state index in [1.165, 1.54) is 0 Å². The van der Waals surface area contributed by atoms with Gasteiger partial charge in [-0.2, -0.15) is 0 Å². The third-order valence-electron chi connectivity index (χ3n) is 5.64. The highest BCUT2D eigenvalue weighted by Crippen LogP contribution is 2.43. The van der Waals surface area contributed by atoms with Gasteiger partial charge in [0, 0.05) is 21.9 Å². The van der Waals surface area contributed by atoms with Crippen LogP contribution >= 0.6 is 51.3 Å². The lowest BCUT2D eigenvalue weighted by Gasteiger charge is -2.26. The molecule has 3 heterocycles. The maximum absolute atomic E-state index is 6.37. The fraction of sp³-hybridized carbons (Fsp3) is 0.120. The van der Waals surface area contributed by atoms with Crippen molar-refractivity contribution in [3.8, 4) is 11.3 Å². The summed E-state index contributed by atoms with van der Waals surface area (Å²) in [6.07, 6.45) is 1.78. The Morgan fingerprint density at radius 2 is 1.88 bits per heavy atom. The van der Waals surface area contributed by atoms with Crippen LogP contribution < -0.4 is 10.2 Å². The van der Waals surface area contributed by atoms with Gasteiger partial charge in [-0.15, -0.1) is 0 Å². The van der Waals surface area contributed by atoms with Crippen LogP contribution in [0.25, 0.3) is 11.3 Å². The number of hydrogen-bond acceptors (Lipinski definition) is 3. The van der Waals surface area contributed by atoms with Crippen LogP contribution in [0.15, 0.2) is 81.8 Å². The molecule has 1 N–H and O–H groups in total. The number of anilines is 1. The lowest BCUT2D eigenvalue weighted by atomic mass is 10.0. The van der Waals surface area contributed by atoms with Crippen LogP contribution in [-0.2, 0) is 0 Å². The van der Waals surface area contributed by atoms with E-state index < -0.39 is 0 Å². The summed E-state index contributed by atoms with van der Waals surface area (Å²) < 4.78 is 7.42. The maximum atomic E-state index is 6.37. The Bertz CT molecular complexity index is 1340. The highest BCUT2D eigenvalue weighted by Gasteiger charge is 2.42. The fourth-order valence-corrected chi connectivity index (χ4v) is 4.91. The second kappa shape index (κ2) is 9.11. The molecular formula is C25H18BrCl2N3OS. The van der Waals surface area contributed by atoms with Crippen molar-refractivity contribution in [3.63, 3.8) is 0 Å². The SMILES string of the molecule is Cc1cc(N2C(=S)NC(c3ccccn3)C2c2ccc(-c3ccc(Cl)c(Cl)c3)o2)ccc1Br. The lowest BCUT2D eigenvalue weighted by Crippen LogP contribution is -2.29. The largest absolute Gasteiger partial charge is 0.459 e. The van der Waals surface area contributed by atoms with Crippen LogP contribution in [0.5, 0.6) is 0 Å². The van der Waals surface area contributed by atoms with Crippen molar-refractivity contribution >= 4 is 62.1 Å². The molecule has 0 saturated carbocycles. The first kappa shape index (κ1) is 22.4. The molecule has 0 radical (unpaired) electrons. The summed E-state index contributed by atoms with van der Waals surface area (Å²) in [6.45, 7) is 2.06. The number of halogens is 3. The topological polar surface area (TPSA) is 41.3 Å². The number of furan rings is 1. The van der Waals surface area contributed by atoms with Gasteiger partial charge in [-0.1, -0.05) is 45.2 Å². The van der Waals surface area contributed by atoms with Crippen LogP contribution in [0.2, 0.25) is 10.0 Å². The van der Waals surface area contributed by atoms with Gasteiger partial charge < -0.3 is 14.6 Å². The Hall–Kier alpha value is -2.38. The summed E-state index contributed by atoms with van der Waals surface area (Å²) in [6, 6.07) is 21.0. The first-order chi connectivity index (χ1) is 15.9. The molecule has 0 aliphatic carbocycles. The average Bonchev–Trinajstić information content (AvgIpc) is 3.43. The standard InChI is InChI=1S/C25H18BrCl2N3OS/c1-14-12-16(6-7-17(14)26)31-24(23(30-25(31)33)20-4-2-3-11-29-20)22-10-9-21(32-22)15-5-8-18(27)19(28)13-15/h2-13,23-24H,1H3,(H,30,33). The number of pyridine rings is 1. The number of nitrogens with one attached hydrogen (secondary N) is 1. The Balaban J connectivity index is 1.61. The zero-order valence-corrected chi connectivity index (χ0v) is 21.3. The van der Waals surface area contributed by atoms with E-state index in [1.807, 2.05) is 48.5 Å². The quantitative estimate of drug-likeness (QED) is 0.258. The molecule has 1 aliphatic rings. The van der Waals surface area contributed by atoms with Gasteiger partial charge in [-0.3, -0.25) is 4.98 Å². The third-order valence-corrected chi connectivity index (χ3v) is 7.58. The highest BCUT2D eigenvalue weighted by atomic mass is 79.9. The molecule has 4 aromatic rings. The second-order valence-electron chi connectivity index (χ2n) is 7.76. The average molecular weight is 559 g/mol. The van der Waals surface area contributed by atoms with E-state index in [0.717, 1.165) is 32.7 Å². The lowest BCUT2D eigenvalue weighted by molar-refractivity contribution is 0.439. The molecule has 2 atom stereocenters. The minimum atomic E-state index is -0.232. The van der Waals surface area contributed by atoms with E-state index >= 15 is 0 Å². The van der Waals surface area contributed by atoms with Gasteiger partial charge in [0.15, 0.2) is 5.11 Å². The molecule has 4 nitrogen and oxygen atoms in total. The van der Waals surface area contributed by atoms with Gasteiger partial charge in [0.05, 0.1) is 21.8 Å². The maximum Gasteiger partial charge on any atom is 0.174 e. The molecule has 8 heteroatoms. The molecule has 0 bridgehead atoms. The zero-order chi connectivity index (χ0) is 23.1. The summed E-state index contributed by atoms with van der Waals surface area (Å²) in [5.41, 5.74) is 3.83. The number of aromatic nitrogens is 1. The normalized spacial score (nSPS) is 17.9. The van der Waals surface area contributed by atoms with Gasteiger partial charge in [0.1, 0.15) is 17.6 Å². The second-order valence-corrected chi connectivity index (χ2v) is 9.82. The number of nitrogens with zero attached hydrogens (tertiary/aromatic N) is 2. The highest BCUT2D eigenvalue weighted by molar-refractivity contribution is 9.10. The monoisotopic (exact) mass is 557 g/mol. The number of rotatable bonds is 4. The van der Waals surface area contributed by atoms with Gasteiger partial charge in [-0.05, 0) is 85.4 Å². The van der Waals surface area contributed by atoms with E-state index in [-0.39, 0.29) is 12.1 Å². The Morgan fingerprint density at radius 3 is 2.61 bits per heavy atom. The Labute approximate surface area is 215 Å². The summed E-state index contributed by atoms with van der Waals surface area (Å²) >= 11 is 21.7. The Morgan fingerprint density at radius 1 is 1.03 bits per heavy atom. The van der Waals surface area contributed by atoms with Crippen LogP contribution in [0.4, 0.5) is 5.69 Å². The summed E-state index contributed by atoms with van der Waals surface area (Å²) in [5.74, 6) is 1.47. The van der Waals surface area contributed by atoms with E-state index in [9.17, 15) is 0 Å². The Kier molecular flexibility index (Phi) is 6.18. The smallest absolute Gasteiger partial charge is 0.174 e. The van der Waals surface area contributed by atoms with Gasteiger partial charge in [-0.25, -0.2) is 0 Å². The van der Waals surface area contributed by atoms with Crippen LogP contribution in [0, 0.1) is 6.92 Å². The molecule has 1 fully saturated rings. The van der Waals surface area contributed by atoms with Crippen molar-refractivity contribution in [2.75, 3.05) is 4.90 Å². The molecular weight excluding hydrogens is 541 g/mol. The number of benzene rings is 2. The van der Waals surface area contributed by atoms with Gasteiger partial charge >= 0.3 is 0 Å². The van der Waals surface area contributed by atoms with Crippen LogP contribution in [0.1, 0.15) is 29.1 Å². The summed E-state index contributed by atoms with van der Waals surface area (Å²) in [7, 11) is 0. The molecule has 33 heavy (non-hydrogen) atoms. The third kappa shape index (κ3) is 4.28. The van der Waals surface area contributed by atoms with Gasteiger partial charge in [0.25, 0.3) is 0 Å². The van der Waals surface area contributed by atoms with Crippen molar-refractivity contribution < 1.29 is 4.42 Å².